The molecular weight excluding hydrogens is 244 g/mol. The normalized spacial score (nSPS) is 21.3. The van der Waals surface area contributed by atoms with Gasteiger partial charge in [0, 0.05) is 31.4 Å². The van der Waals surface area contributed by atoms with Gasteiger partial charge in [0.05, 0.1) is 10.7 Å². The molecule has 1 unspecified atom stereocenters. The van der Waals surface area contributed by atoms with Crippen LogP contribution >= 0.6 is 11.3 Å². The number of nitrogens with two attached hydrogens (primary N) is 1. The largest absolute Gasteiger partial charge is 0.370 e. The highest BCUT2D eigenvalue weighted by atomic mass is 32.1. The fourth-order valence-corrected chi connectivity index (χ4v) is 2.95. The summed E-state index contributed by atoms with van der Waals surface area (Å²) in [6, 6.07) is 0. The number of nitrogens with zero attached hydrogens (tertiary/aromatic N) is 3. The van der Waals surface area contributed by atoms with Crippen molar-refractivity contribution < 1.29 is 0 Å². The second-order valence-electron chi connectivity index (χ2n) is 5.04. The van der Waals surface area contributed by atoms with Crippen LogP contribution in [-0.2, 0) is 6.42 Å². The van der Waals surface area contributed by atoms with Crippen molar-refractivity contribution in [1.29, 1.82) is 0 Å². The molecule has 0 amide bonds. The highest BCUT2D eigenvalue weighted by Gasteiger charge is 2.17. The van der Waals surface area contributed by atoms with Crippen LogP contribution < -0.4 is 5.73 Å². The fraction of sp³-hybridized carbons (Fsp3) is 0.692. The molecular formula is C13H22N4S. The van der Waals surface area contributed by atoms with Crippen molar-refractivity contribution in [1.82, 2.24) is 9.88 Å². The predicted molar refractivity (Wildman–Crippen MR) is 77.0 cm³/mol. The summed E-state index contributed by atoms with van der Waals surface area (Å²) >= 11 is 1.69. The quantitative estimate of drug-likeness (QED) is 0.673. The zero-order valence-electron chi connectivity index (χ0n) is 11.2. The van der Waals surface area contributed by atoms with Crippen LogP contribution in [0.1, 0.15) is 30.5 Å². The lowest BCUT2D eigenvalue weighted by Crippen LogP contribution is -2.43. The number of rotatable bonds is 3. The maximum absolute atomic E-state index is 6.04. The Labute approximate surface area is 113 Å². The van der Waals surface area contributed by atoms with E-state index in [2.05, 4.69) is 27.2 Å². The standard InChI is InChI=1S/C13H22N4S/c1-10-4-3-7-17(8-10)13(14)15-6-5-12-9-18-11(2)16-12/h9-10H,3-8H2,1-2H3,(H2,14,15). The monoisotopic (exact) mass is 266 g/mol. The first kappa shape index (κ1) is 13.3. The number of thiazole rings is 1. The first-order valence-electron chi connectivity index (χ1n) is 6.61. The van der Waals surface area contributed by atoms with Crippen molar-refractivity contribution >= 4 is 17.3 Å². The molecule has 2 N–H and O–H groups in total. The minimum Gasteiger partial charge on any atom is -0.370 e. The number of hydrogen-bond donors (Lipinski definition) is 1. The predicted octanol–water partition coefficient (Wildman–Crippen LogP) is 2.04. The zero-order valence-corrected chi connectivity index (χ0v) is 12.0. The third-order valence-electron chi connectivity index (χ3n) is 3.29. The van der Waals surface area contributed by atoms with E-state index in [9.17, 15) is 0 Å². The average molecular weight is 266 g/mol. The van der Waals surface area contributed by atoms with E-state index < -0.39 is 0 Å². The molecule has 100 valence electrons. The summed E-state index contributed by atoms with van der Waals surface area (Å²) in [6.45, 7) is 7.14. The Balaban J connectivity index is 1.81. The maximum atomic E-state index is 6.04. The number of hydrogen-bond acceptors (Lipinski definition) is 3. The topological polar surface area (TPSA) is 54.5 Å². The van der Waals surface area contributed by atoms with Gasteiger partial charge >= 0.3 is 0 Å². The summed E-state index contributed by atoms with van der Waals surface area (Å²) in [6.07, 6.45) is 3.42. The summed E-state index contributed by atoms with van der Waals surface area (Å²) in [7, 11) is 0. The van der Waals surface area contributed by atoms with Gasteiger partial charge in [-0.15, -0.1) is 11.3 Å². The fourth-order valence-electron chi connectivity index (χ4n) is 2.31. The lowest BCUT2D eigenvalue weighted by Gasteiger charge is -2.31. The molecule has 1 atom stereocenters. The van der Waals surface area contributed by atoms with Crippen LogP contribution in [0.2, 0.25) is 0 Å². The third kappa shape index (κ3) is 3.70. The van der Waals surface area contributed by atoms with Gasteiger partial charge in [-0.1, -0.05) is 6.92 Å². The zero-order chi connectivity index (χ0) is 13.0. The summed E-state index contributed by atoms with van der Waals surface area (Å²) in [5, 5.41) is 3.22. The van der Waals surface area contributed by atoms with Gasteiger partial charge in [0.25, 0.3) is 0 Å². The number of guanidine groups is 1. The molecule has 1 saturated heterocycles. The summed E-state index contributed by atoms with van der Waals surface area (Å²) < 4.78 is 0. The molecule has 2 rings (SSSR count). The Morgan fingerprint density at radius 1 is 1.67 bits per heavy atom. The van der Waals surface area contributed by atoms with Gasteiger partial charge in [-0.25, -0.2) is 4.98 Å². The maximum Gasteiger partial charge on any atom is 0.191 e. The van der Waals surface area contributed by atoms with Crippen LogP contribution in [0.25, 0.3) is 0 Å². The molecule has 1 fully saturated rings. The van der Waals surface area contributed by atoms with Crippen molar-refractivity contribution in [2.45, 2.75) is 33.1 Å². The molecule has 1 aromatic rings. The van der Waals surface area contributed by atoms with Gasteiger partial charge in [0.1, 0.15) is 0 Å². The van der Waals surface area contributed by atoms with Crippen LogP contribution in [0.3, 0.4) is 0 Å². The molecule has 1 aliphatic heterocycles. The van der Waals surface area contributed by atoms with E-state index in [-0.39, 0.29) is 0 Å². The number of piperidine rings is 1. The number of aromatic nitrogens is 1. The van der Waals surface area contributed by atoms with Gasteiger partial charge in [0.15, 0.2) is 5.96 Å². The molecule has 0 bridgehead atoms. The Hall–Kier alpha value is -1.10. The van der Waals surface area contributed by atoms with Crippen molar-refractivity contribution in [2.24, 2.45) is 16.6 Å². The van der Waals surface area contributed by atoms with E-state index in [1.807, 2.05) is 6.92 Å². The van der Waals surface area contributed by atoms with Gasteiger partial charge < -0.3 is 10.6 Å². The molecule has 18 heavy (non-hydrogen) atoms. The first-order valence-corrected chi connectivity index (χ1v) is 7.49. The highest BCUT2D eigenvalue weighted by molar-refractivity contribution is 7.09. The van der Waals surface area contributed by atoms with E-state index in [0.717, 1.165) is 42.7 Å². The molecule has 5 heteroatoms. The summed E-state index contributed by atoms with van der Waals surface area (Å²) in [5.74, 6) is 1.43. The van der Waals surface area contributed by atoms with Crippen molar-refractivity contribution in [3.63, 3.8) is 0 Å². The Bertz CT molecular complexity index is 413. The Morgan fingerprint density at radius 2 is 2.50 bits per heavy atom. The minimum absolute atomic E-state index is 0.702. The average Bonchev–Trinajstić information content (AvgIpc) is 2.75. The summed E-state index contributed by atoms with van der Waals surface area (Å²) in [4.78, 5) is 11.1. The van der Waals surface area contributed by atoms with Crippen LogP contribution in [0.4, 0.5) is 0 Å². The van der Waals surface area contributed by atoms with Crippen LogP contribution in [0.5, 0.6) is 0 Å². The molecule has 2 heterocycles. The number of aliphatic imine (C=N–C) groups is 1. The molecule has 0 aliphatic carbocycles. The highest BCUT2D eigenvalue weighted by Crippen LogP contribution is 2.15. The minimum atomic E-state index is 0.702. The number of aryl methyl sites for hydroxylation is 1. The third-order valence-corrected chi connectivity index (χ3v) is 4.11. The van der Waals surface area contributed by atoms with E-state index in [4.69, 9.17) is 5.73 Å². The molecule has 1 aliphatic rings. The Morgan fingerprint density at radius 3 is 3.17 bits per heavy atom. The van der Waals surface area contributed by atoms with E-state index in [0.29, 0.717) is 5.96 Å². The van der Waals surface area contributed by atoms with Crippen molar-refractivity contribution in [3.8, 4) is 0 Å². The molecule has 1 aromatic heterocycles. The summed E-state index contributed by atoms with van der Waals surface area (Å²) in [5.41, 5.74) is 7.16. The van der Waals surface area contributed by atoms with Gasteiger partial charge in [-0.3, -0.25) is 4.99 Å². The lowest BCUT2D eigenvalue weighted by molar-refractivity contribution is 0.270. The van der Waals surface area contributed by atoms with Crippen LogP contribution in [-0.4, -0.2) is 35.5 Å². The van der Waals surface area contributed by atoms with Gasteiger partial charge in [-0.2, -0.15) is 0 Å². The SMILES string of the molecule is Cc1nc(CCN=C(N)N2CCCC(C)C2)cs1. The first-order chi connectivity index (χ1) is 8.65. The molecule has 0 saturated carbocycles. The van der Waals surface area contributed by atoms with E-state index >= 15 is 0 Å². The van der Waals surface area contributed by atoms with Gasteiger partial charge in [0.2, 0.25) is 0 Å². The van der Waals surface area contributed by atoms with Crippen LogP contribution in [0.15, 0.2) is 10.4 Å². The second kappa shape index (κ2) is 6.18. The molecule has 0 aromatic carbocycles. The number of likely N-dealkylation sites (tertiary alicyclic amines) is 1. The smallest absolute Gasteiger partial charge is 0.191 e. The molecule has 0 spiro atoms. The van der Waals surface area contributed by atoms with Crippen LogP contribution in [0, 0.1) is 12.8 Å². The van der Waals surface area contributed by atoms with E-state index in [1.54, 1.807) is 11.3 Å². The molecule has 4 nitrogen and oxygen atoms in total. The molecule has 0 radical (unpaired) electrons. The van der Waals surface area contributed by atoms with Crippen molar-refractivity contribution in [3.05, 3.63) is 16.1 Å². The second-order valence-corrected chi connectivity index (χ2v) is 6.10. The van der Waals surface area contributed by atoms with E-state index in [1.165, 1.54) is 12.8 Å². The lowest BCUT2D eigenvalue weighted by atomic mass is 10.0. The van der Waals surface area contributed by atoms with Crippen molar-refractivity contribution in [2.75, 3.05) is 19.6 Å². The van der Waals surface area contributed by atoms with Gasteiger partial charge in [-0.05, 0) is 25.7 Å². The Kier molecular flexibility index (Phi) is 4.58.